The van der Waals surface area contributed by atoms with Gasteiger partial charge in [-0.05, 0) is 43.5 Å². The van der Waals surface area contributed by atoms with E-state index in [1.807, 2.05) is 0 Å². The largest absolute Gasteiger partial charge is 0.478 e. The van der Waals surface area contributed by atoms with Gasteiger partial charge in [0, 0.05) is 17.6 Å². The average molecular weight is 276 g/mol. The monoisotopic (exact) mass is 276 g/mol. The Hall–Kier alpha value is -2.43. The van der Waals surface area contributed by atoms with E-state index >= 15 is 0 Å². The van der Waals surface area contributed by atoms with E-state index in [9.17, 15) is 14.4 Å². The van der Waals surface area contributed by atoms with Crippen molar-refractivity contribution in [1.29, 1.82) is 0 Å². The molecule has 0 aliphatic rings. The van der Waals surface area contributed by atoms with Gasteiger partial charge in [0.2, 0.25) is 0 Å². The fourth-order valence-corrected chi connectivity index (χ4v) is 1.59. The number of esters is 1. The average Bonchev–Trinajstić information content (AvgIpc) is 2.40. The van der Waals surface area contributed by atoms with Crippen LogP contribution in [0.5, 0.6) is 5.75 Å². The first kappa shape index (κ1) is 15.6. The number of aldehydes is 1. The van der Waals surface area contributed by atoms with E-state index in [1.165, 1.54) is 0 Å². The number of rotatable bonds is 7. The van der Waals surface area contributed by atoms with E-state index in [1.54, 1.807) is 25.1 Å². The van der Waals surface area contributed by atoms with Gasteiger partial charge in [-0.1, -0.05) is 6.58 Å². The molecular formula is C15H16O5. The number of ether oxygens (including phenoxy) is 1. The van der Waals surface area contributed by atoms with E-state index in [-0.39, 0.29) is 18.4 Å². The maximum Gasteiger partial charge on any atom is 0.330 e. The first-order valence-electron chi connectivity index (χ1n) is 6.11. The van der Waals surface area contributed by atoms with Crippen LogP contribution in [0.4, 0.5) is 0 Å². The Kier molecular flexibility index (Phi) is 5.65. The first-order chi connectivity index (χ1) is 9.43. The summed E-state index contributed by atoms with van der Waals surface area (Å²) in [5.41, 5.74) is 1.28. The lowest BCUT2D eigenvalue weighted by atomic mass is 10.1. The van der Waals surface area contributed by atoms with Crippen molar-refractivity contribution >= 4 is 18.2 Å². The lowest BCUT2D eigenvalue weighted by Gasteiger charge is -2.07. The summed E-state index contributed by atoms with van der Waals surface area (Å²) in [6.07, 6.45) is 1.44. The van der Waals surface area contributed by atoms with Gasteiger partial charge in [0.05, 0.1) is 0 Å². The Morgan fingerprint density at radius 2 is 2.05 bits per heavy atom. The second-order valence-electron chi connectivity index (χ2n) is 4.38. The molecule has 1 aromatic carbocycles. The van der Waals surface area contributed by atoms with Gasteiger partial charge in [0.1, 0.15) is 12.0 Å². The van der Waals surface area contributed by atoms with Gasteiger partial charge in [-0.25, -0.2) is 4.79 Å². The van der Waals surface area contributed by atoms with E-state index in [0.717, 1.165) is 6.29 Å². The highest BCUT2D eigenvalue weighted by Crippen LogP contribution is 2.19. The molecule has 0 amide bonds. The van der Waals surface area contributed by atoms with E-state index in [0.29, 0.717) is 23.3 Å². The molecule has 1 rings (SSSR count). The molecule has 0 radical (unpaired) electrons. The highest BCUT2D eigenvalue weighted by atomic mass is 16.5. The zero-order chi connectivity index (χ0) is 15.1. The topological polar surface area (TPSA) is 80.7 Å². The molecular weight excluding hydrogens is 260 g/mol. The second kappa shape index (κ2) is 7.23. The van der Waals surface area contributed by atoms with Crippen LogP contribution in [0.2, 0.25) is 0 Å². The molecule has 0 fully saturated rings. The van der Waals surface area contributed by atoms with Crippen LogP contribution in [-0.4, -0.2) is 23.3 Å². The summed E-state index contributed by atoms with van der Waals surface area (Å²) in [4.78, 5) is 32.7. The van der Waals surface area contributed by atoms with Crippen LogP contribution in [0, 0.1) is 6.92 Å². The molecule has 5 heteroatoms. The molecule has 5 nitrogen and oxygen atoms in total. The Morgan fingerprint density at radius 1 is 1.35 bits per heavy atom. The van der Waals surface area contributed by atoms with Crippen molar-refractivity contribution in [3.63, 3.8) is 0 Å². The minimum Gasteiger partial charge on any atom is -0.478 e. The molecule has 0 unspecified atom stereocenters. The molecule has 1 aromatic rings. The molecule has 0 heterocycles. The fraction of sp³-hybridized carbons (Fsp3) is 0.267. The molecule has 0 saturated heterocycles. The summed E-state index contributed by atoms with van der Waals surface area (Å²) in [5, 5.41) is 8.62. The number of hydrogen-bond acceptors (Lipinski definition) is 4. The summed E-state index contributed by atoms with van der Waals surface area (Å²) in [5.74, 6) is -1.10. The highest BCUT2D eigenvalue weighted by Gasteiger charge is 2.09. The third kappa shape index (κ3) is 4.68. The third-order valence-corrected chi connectivity index (χ3v) is 2.72. The zero-order valence-electron chi connectivity index (χ0n) is 11.2. The highest BCUT2D eigenvalue weighted by molar-refractivity contribution is 5.85. The van der Waals surface area contributed by atoms with Crippen LogP contribution in [0.15, 0.2) is 30.4 Å². The molecule has 0 spiro atoms. The SMILES string of the molecule is C=C(CCCC(=O)Oc1ccc(C=O)cc1C)C(=O)O. The summed E-state index contributed by atoms with van der Waals surface area (Å²) in [7, 11) is 0. The number of carboxylic acid groups (broad SMARTS) is 1. The molecule has 0 bridgehead atoms. The Bertz CT molecular complexity index is 545. The third-order valence-electron chi connectivity index (χ3n) is 2.72. The Balaban J connectivity index is 2.48. The Labute approximate surface area is 116 Å². The number of carbonyl (C=O) groups is 3. The van der Waals surface area contributed by atoms with E-state index in [2.05, 4.69) is 6.58 Å². The van der Waals surface area contributed by atoms with Crippen molar-refractivity contribution in [2.45, 2.75) is 26.2 Å². The van der Waals surface area contributed by atoms with Crippen molar-refractivity contribution in [2.75, 3.05) is 0 Å². The maximum atomic E-state index is 11.6. The Morgan fingerprint density at radius 3 is 2.60 bits per heavy atom. The van der Waals surface area contributed by atoms with Crippen molar-refractivity contribution in [3.05, 3.63) is 41.5 Å². The molecule has 0 saturated carbocycles. The van der Waals surface area contributed by atoms with E-state index < -0.39 is 11.9 Å². The maximum absolute atomic E-state index is 11.6. The second-order valence-corrected chi connectivity index (χ2v) is 4.38. The van der Waals surface area contributed by atoms with Crippen molar-refractivity contribution in [1.82, 2.24) is 0 Å². The standard InChI is InChI=1S/C15H16O5/c1-10(15(18)19)4-3-5-14(17)20-13-7-6-12(9-16)8-11(13)2/h6-9H,1,3-5H2,2H3,(H,18,19). The van der Waals surface area contributed by atoms with Crippen molar-refractivity contribution in [2.24, 2.45) is 0 Å². The number of aryl methyl sites for hydroxylation is 1. The quantitative estimate of drug-likeness (QED) is 0.358. The molecule has 1 N–H and O–H groups in total. The molecule has 0 aromatic heterocycles. The summed E-state index contributed by atoms with van der Waals surface area (Å²) in [6, 6.07) is 4.75. The van der Waals surface area contributed by atoms with Crippen molar-refractivity contribution < 1.29 is 24.2 Å². The number of benzene rings is 1. The van der Waals surface area contributed by atoms with Crippen LogP contribution in [0.3, 0.4) is 0 Å². The minimum absolute atomic E-state index is 0.0734. The molecule has 106 valence electrons. The van der Waals surface area contributed by atoms with Gasteiger partial charge in [0.25, 0.3) is 0 Å². The normalized spacial score (nSPS) is 9.85. The lowest BCUT2D eigenvalue weighted by molar-refractivity contribution is -0.135. The van der Waals surface area contributed by atoms with Crippen LogP contribution in [-0.2, 0) is 9.59 Å². The molecule has 0 aliphatic heterocycles. The minimum atomic E-state index is -1.06. The van der Waals surface area contributed by atoms with Gasteiger partial charge in [-0.3, -0.25) is 9.59 Å². The first-order valence-corrected chi connectivity index (χ1v) is 6.11. The number of carboxylic acids is 1. The van der Waals surface area contributed by atoms with Crippen LogP contribution in [0.25, 0.3) is 0 Å². The smallest absolute Gasteiger partial charge is 0.330 e. The zero-order valence-corrected chi connectivity index (χ0v) is 11.2. The van der Waals surface area contributed by atoms with E-state index in [4.69, 9.17) is 9.84 Å². The van der Waals surface area contributed by atoms with Gasteiger partial charge in [-0.15, -0.1) is 0 Å². The number of carbonyl (C=O) groups excluding carboxylic acids is 2. The fourth-order valence-electron chi connectivity index (χ4n) is 1.59. The van der Waals surface area contributed by atoms with Gasteiger partial charge in [0.15, 0.2) is 0 Å². The molecule has 0 atom stereocenters. The van der Waals surface area contributed by atoms with Gasteiger partial charge < -0.3 is 9.84 Å². The summed E-state index contributed by atoms with van der Waals surface area (Å²) in [6.45, 7) is 5.12. The van der Waals surface area contributed by atoms with Gasteiger partial charge >= 0.3 is 11.9 Å². The van der Waals surface area contributed by atoms with Crippen molar-refractivity contribution in [3.8, 4) is 5.75 Å². The lowest BCUT2D eigenvalue weighted by Crippen LogP contribution is -2.09. The number of aliphatic carboxylic acids is 1. The van der Waals surface area contributed by atoms with Crippen LogP contribution < -0.4 is 4.74 Å². The number of hydrogen-bond donors (Lipinski definition) is 1. The summed E-state index contributed by atoms with van der Waals surface area (Å²) < 4.78 is 5.15. The predicted octanol–water partition coefficient (Wildman–Crippen LogP) is 2.52. The molecule has 0 aliphatic carbocycles. The predicted molar refractivity (Wildman–Crippen MR) is 72.8 cm³/mol. The van der Waals surface area contributed by atoms with Crippen LogP contribution in [0.1, 0.15) is 35.2 Å². The van der Waals surface area contributed by atoms with Gasteiger partial charge in [-0.2, -0.15) is 0 Å². The summed E-state index contributed by atoms with van der Waals surface area (Å²) >= 11 is 0. The molecule has 20 heavy (non-hydrogen) atoms. The van der Waals surface area contributed by atoms with Crippen LogP contribution >= 0.6 is 0 Å².